The molecule has 1 aromatic carbocycles. The van der Waals surface area contributed by atoms with Crippen LogP contribution in [0, 0.1) is 5.82 Å². The Bertz CT molecular complexity index is 821. The second kappa shape index (κ2) is 12.5. The van der Waals surface area contributed by atoms with Gasteiger partial charge in [-0.2, -0.15) is 0 Å². The molecule has 0 amide bonds. The van der Waals surface area contributed by atoms with Crippen molar-refractivity contribution in [1.82, 2.24) is 20.5 Å². The summed E-state index contributed by atoms with van der Waals surface area (Å²) in [5, 5.41) is 6.74. The standard InChI is InChI=1S/C23H33FN6S/c1-3-25-23(27-12-5-17-31-21-9-7-20(24)8-10-21)28-18-19-6-4-11-26-22(19)30-15-13-29(2)14-16-30/h4,6-11H,3,5,12-18H2,1-2H3,(H2,25,27,28). The molecule has 1 aromatic heterocycles. The highest BCUT2D eigenvalue weighted by Crippen LogP contribution is 2.20. The van der Waals surface area contributed by atoms with E-state index in [2.05, 4.69) is 45.5 Å². The van der Waals surface area contributed by atoms with Gasteiger partial charge in [0, 0.05) is 55.9 Å². The highest BCUT2D eigenvalue weighted by Gasteiger charge is 2.17. The highest BCUT2D eigenvalue weighted by molar-refractivity contribution is 7.99. The molecule has 1 fully saturated rings. The average Bonchev–Trinajstić information content (AvgIpc) is 2.79. The van der Waals surface area contributed by atoms with Gasteiger partial charge >= 0.3 is 0 Å². The number of hydrogen-bond donors (Lipinski definition) is 2. The van der Waals surface area contributed by atoms with Crippen LogP contribution in [0.3, 0.4) is 0 Å². The van der Waals surface area contributed by atoms with Crippen LogP contribution in [0.1, 0.15) is 18.9 Å². The molecule has 168 valence electrons. The lowest BCUT2D eigenvalue weighted by Gasteiger charge is -2.34. The molecule has 3 rings (SSSR count). The molecule has 0 atom stereocenters. The van der Waals surface area contributed by atoms with Gasteiger partial charge in [-0.3, -0.25) is 0 Å². The number of aromatic nitrogens is 1. The predicted molar refractivity (Wildman–Crippen MR) is 129 cm³/mol. The minimum Gasteiger partial charge on any atom is -0.357 e. The van der Waals surface area contributed by atoms with E-state index in [1.165, 1.54) is 12.1 Å². The summed E-state index contributed by atoms with van der Waals surface area (Å²) in [6, 6.07) is 10.8. The maximum atomic E-state index is 13.0. The van der Waals surface area contributed by atoms with Crippen molar-refractivity contribution in [3.05, 3.63) is 54.0 Å². The van der Waals surface area contributed by atoms with E-state index in [1.807, 2.05) is 24.4 Å². The van der Waals surface area contributed by atoms with Gasteiger partial charge in [0.05, 0.1) is 6.54 Å². The number of thioether (sulfide) groups is 1. The molecule has 2 N–H and O–H groups in total. The van der Waals surface area contributed by atoms with Crippen molar-refractivity contribution in [3.63, 3.8) is 0 Å². The molecule has 0 aliphatic carbocycles. The van der Waals surface area contributed by atoms with Crippen molar-refractivity contribution in [2.75, 3.05) is 57.0 Å². The summed E-state index contributed by atoms with van der Waals surface area (Å²) < 4.78 is 13.0. The average molecular weight is 445 g/mol. The minimum atomic E-state index is -0.193. The number of pyridine rings is 1. The summed E-state index contributed by atoms with van der Waals surface area (Å²) in [7, 11) is 2.16. The van der Waals surface area contributed by atoms with Crippen molar-refractivity contribution in [2.24, 2.45) is 4.99 Å². The van der Waals surface area contributed by atoms with E-state index in [0.717, 1.165) is 73.7 Å². The summed E-state index contributed by atoms with van der Waals surface area (Å²) in [5.41, 5.74) is 1.15. The van der Waals surface area contributed by atoms with Gasteiger partial charge in [0.25, 0.3) is 0 Å². The van der Waals surface area contributed by atoms with Gasteiger partial charge in [0.1, 0.15) is 11.6 Å². The lowest BCUT2D eigenvalue weighted by atomic mass is 10.2. The third-order valence-electron chi connectivity index (χ3n) is 5.12. The fourth-order valence-electron chi connectivity index (χ4n) is 3.36. The van der Waals surface area contributed by atoms with Gasteiger partial charge in [-0.05, 0) is 56.5 Å². The molecule has 1 aliphatic rings. The first-order valence-corrected chi connectivity index (χ1v) is 11.9. The van der Waals surface area contributed by atoms with Crippen LogP contribution in [0.5, 0.6) is 0 Å². The van der Waals surface area contributed by atoms with E-state index in [1.54, 1.807) is 11.8 Å². The quantitative estimate of drug-likeness (QED) is 0.268. The third-order valence-corrected chi connectivity index (χ3v) is 6.22. The Hall–Kier alpha value is -2.32. The van der Waals surface area contributed by atoms with Crippen LogP contribution >= 0.6 is 11.8 Å². The first-order valence-electron chi connectivity index (χ1n) is 10.9. The SMILES string of the molecule is CCNC(=NCc1cccnc1N1CCN(C)CC1)NCCCSc1ccc(F)cc1. The Balaban J connectivity index is 1.49. The summed E-state index contributed by atoms with van der Waals surface area (Å²) in [5.74, 6) is 2.64. The molecule has 31 heavy (non-hydrogen) atoms. The summed E-state index contributed by atoms with van der Waals surface area (Å²) >= 11 is 1.74. The van der Waals surface area contributed by atoms with E-state index < -0.39 is 0 Å². The number of benzene rings is 1. The van der Waals surface area contributed by atoms with Gasteiger partial charge < -0.3 is 20.4 Å². The molecule has 0 bridgehead atoms. The molecular weight excluding hydrogens is 411 g/mol. The Morgan fingerprint density at radius 1 is 1.13 bits per heavy atom. The number of anilines is 1. The second-order valence-corrected chi connectivity index (χ2v) is 8.72. The van der Waals surface area contributed by atoms with Crippen LogP contribution in [0.4, 0.5) is 10.2 Å². The number of aliphatic imine (C=N–C) groups is 1. The molecule has 0 radical (unpaired) electrons. The van der Waals surface area contributed by atoms with Crippen molar-refractivity contribution in [1.29, 1.82) is 0 Å². The van der Waals surface area contributed by atoms with E-state index >= 15 is 0 Å². The van der Waals surface area contributed by atoms with Gasteiger partial charge in [0.2, 0.25) is 0 Å². The molecule has 1 saturated heterocycles. The normalized spacial score (nSPS) is 15.2. The summed E-state index contributed by atoms with van der Waals surface area (Å²) in [6.45, 7) is 8.41. The van der Waals surface area contributed by atoms with Crippen LogP contribution < -0.4 is 15.5 Å². The Morgan fingerprint density at radius 2 is 1.90 bits per heavy atom. The number of halogens is 1. The largest absolute Gasteiger partial charge is 0.357 e. The van der Waals surface area contributed by atoms with Gasteiger partial charge in [0.15, 0.2) is 5.96 Å². The first kappa shape index (κ1) is 23.3. The number of nitrogens with one attached hydrogen (secondary N) is 2. The monoisotopic (exact) mass is 444 g/mol. The van der Waals surface area contributed by atoms with Crippen LogP contribution in [0.25, 0.3) is 0 Å². The third kappa shape index (κ3) is 7.70. The number of likely N-dealkylation sites (N-methyl/N-ethyl adjacent to an activating group) is 1. The lowest BCUT2D eigenvalue weighted by molar-refractivity contribution is 0.312. The smallest absolute Gasteiger partial charge is 0.191 e. The predicted octanol–water partition coefficient (Wildman–Crippen LogP) is 3.21. The fourth-order valence-corrected chi connectivity index (χ4v) is 4.22. The lowest BCUT2D eigenvalue weighted by Crippen LogP contribution is -2.45. The Labute approximate surface area is 189 Å². The minimum absolute atomic E-state index is 0.193. The number of nitrogens with zero attached hydrogens (tertiary/aromatic N) is 4. The highest BCUT2D eigenvalue weighted by atomic mass is 32.2. The molecule has 0 spiro atoms. The van der Waals surface area contributed by atoms with Crippen LogP contribution in [-0.2, 0) is 6.54 Å². The Morgan fingerprint density at radius 3 is 2.65 bits per heavy atom. The molecule has 2 heterocycles. The molecule has 1 aliphatic heterocycles. The molecule has 6 nitrogen and oxygen atoms in total. The van der Waals surface area contributed by atoms with Crippen molar-refractivity contribution in [2.45, 2.75) is 24.8 Å². The maximum Gasteiger partial charge on any atom is 0.191 e. The van der Waals surface area contributed by atoms with Crippen molar-refractivity contribution in [3.8, 4) is 0 Å². The molecule has 2 aromatic rings. The zero-order valence-electron chi connectivity index (χ0n) is 18.5. The van der Waals surface area contributed by atoms with Crippen molar-refractivity contribution >= 4 is 23.5 Å². The molecular formula is C23H33FN6S. The van der Waals surface area contributed by atoms with E-state index in [-0.39, 0.29) is 5.82 Å². The first-order chi connectivity index (χ1) is 15.2. The van der Waals surface area contributed by atoms with Crippen LogP contribution in [-0.4, -0.2) is 67.9 Å². The van der Waals surface area contributed by atoms with Gasteiger partial charge in [-0.25, -0.2) is 14.4 Å². The van der Waals surface area contributed by atoms with E-state index in [0.29, 0.717) is 6.54 Å². The zero-order valence-corrected chi connectivity index (χ0v) is 19.3. The molecule has 0 unspecified atom stereocenters. The zero-order chi connectivity index (χ0) is 21.9. The van der Waals surface area contributed by atoms with E-state index in [4.69, 9.17) is 4.99 Å². The van der Waals surface area contributed by atoms with Crippen molar-refractivity contribution < 1.29 is 4.39 Å². The number of rotatable bonds is 9. The maximum absolute atomic E-state index is 13.0. The number of guanidine groups is 1. The van der Waals surface area contributed by atoms with Crippen LogP contribution in [0.15, 0.2) is 52.5 Å². The van der Waals surface area contributed by atoms with Gasteiger partial charge in [-0.1, -0.05) is 6.07 Å². The number of hydrogen-bond acceptors (Lipinski definition) is 5. The Kier molecular flexibility index (Phi) is 9.42. The second-order valence-electron chi connectivity index (χ2n) is 7.55. The summed E-state index contributed by atoms with van der Waals surface area (Å²) in [4.78, 5) is 15.2. The van der Waals surface area contributed by atoms with E-state index in [9.17, 15) is 4.39 Å². The fraction of sp³-hybridized carbons (Fsp3) is 0.478. The topological polar surface area (TPSA) is 55.8 Å². The molecule has 8 heteroatoms. The molecule has 0 saturated carbocycles. The number of piperazine rings is 1. The summed E-state index contributed by atoms with van der Waals surface area (Å²) in [6.07, 6.45) is 2.86. The van der Waals surface area contributed by atoms with Crippen LogP contribution in [0.2, 0.25) is 0 Å². The van der Waals surface area contributed by atoms with Gasteiger partial charge in [-0.15, -0.1) is 11.8 Å².